The van der Waals surface area contributed by atoms with Crippen LogP contribution in [0.15, 0.2) is 24.4 Å². The molecular formula is C14H16N4O3S. The summed E-state index contributed by atoms with van der Waals surface area (Å²) in [4.78, 5) is 11.3. The van der Waals surface area contributed by atoms with Crippen LogP contribution in [0.5, 0.6) is 5.75 Å². The van der Waals surface area contributed by atoms with Crippen molar-refractivity contribution in [3.05, 3.63) is 41.2 Å². The molecule has 8 heteroatoms. The molecule has 2 rings (SSSR count). The Labute approximate surface area is 132 Å². The van der Waals surface area contributed by atoms with Crippen LogP contribution < -0.4 is 10.1 Å². The SMILES string of the molecule is COc1cc(C)ccc1C(=S)NCCn1cc(C(=O)O)nn1. The Hall–Kier alpha value is -2.48. The van der Waals surface area contributed by atoms with Gasteiger partial charge in [-0.15, -0.1) is 5.10 Å². The monoisotopic (exact) mass is 320 g/mol. The average molecular weight is 320 g/mol. The van der Waals surface area contributed by atoms with E-state index in [4.69, 9.17) is 22.1 Å². The lowest BCUT2D eigenvalue weighted by Gasteiger charge is -2.12. The van der Waals surface area contributed by atoms with Crippen molar-refractivity contribution in [3.8, 4) is 5.75 Å². The molecule has 0 aliphatic heterocycles. The summed E-state index contributed by atoms with van der Waals surface area (Å²) in [6, 6.07) is 5.78. The summed E-state index contributed by atoms with van der Waals surface area (Å²) in [5, 5.41) is 19.1. The maximum atomic E-state index is 10.7. The number of carbonyl (C=O) groups is 1. The van der Waals surface area contributed by atoms with Crippen molar-refractivity contribution in [3.63, 3.8) is 0 Å². The van der Waals surface area contributed by atoms with E-state index < -0.39 is 5.97 Å². The molecule has 1 heterocycles. The normalized spacial score (nSPS) is 10.3. The molecule has 1 aromatic heterocycles. The lowest BCUT2D eigenvalue weighted by atomic mass is 10.1. The highest BCUT2D eigenvalue weighted by Crippen LogP contribution is 2.20. The van der Waals surface area contributed by atoms with Crippen molar-refractivity contribution in [2.45, 2.75) is 13.5 Å². The molecule has 0 spiro atoms. The fourth-order valence-electron chi connectivity index (χ4n) is 1.87. The first kappa shape index (κ1) is 15.9. The molecule has 2 aromatic rings. The van der Waals surface area contributed by atoms with Gasteiger partial charge in [-0.3, -0.25) is 0 Å². The Morgan fingerprint density at radius 3 is 2.91 bits per heavy atom. The molecule has 1 aromatic carbocycles. The molecule has 0 atom stereocenters. The van der Waals surface area contributed by atoms with Gasteiger partial charge < -0.3 is 15.2 Å². The Bertz CT molecular complexity index is 699. The summed E-state index contributed by atoms with van der Waals surface area (Å²) >= 11 is 5.35. The number of carboxylic acid groups (broad SMARTS) is 1. The van der Waals surface area contributed by atoms with Crippen LogP contribution in [0.2, 0.25) is 0 Å². The molecule has 0 amide bonds. The molecular weight excluding hydrogens is 304 g/mol. The van der Waals surface area contributed by atoms with Gasteiger partial charge in [-0.05, 0) is 24.6 Å². The van der Waals surface area contributed by atoms with Gasteiger partial charge in [0.25, 0.3) is 0 Å². The number of nitrogens with one attached hydrogen (secondary N) is 1. The van der Waals surface area contributed by atoms with E-state index in [2.05, 4.69) is 15.6 Å². The molecule has 0 radical (unpaired) electrons. The van der Waals surface area contributed by atoms with Crippen LogP contribution in [0.3, 0.4) is 0 Å². The van der Waals surface area contributed by atoms with Gasteiger partial charge >= 0.3 is 5.97 Å². The predicted octanol–water partition coefficient (Wildman–Crippen LogP) is 1.26. The molecule has 116 valence electrons. The van der Waals surface area contributed by atoms with E-state index in [9.17, 15) is 4.79 Å². The molecule has 7 nitrogen and oxygen atoms in total. The second kappa shape index (κ2) is 6.99. The summed E-state index contributed by atoms with van der Waals surface area (Å²) in [7, 11) is 1.60. The first-order chi connectivity index (χ1) is 10.5. The van der Waals surface area contributed by atoms with E-state index in [-0.39, 0.29) is 5.69 Å². The Morgan fingerprint density at radius 1 is 1.50 bits per heavy atom. The molecule has 0 unspecified atom stereocenters. The first-order valence-electron chi connectivity index (χ1n) is 6.57. The summed E-state index contributed by atoms with van der Waals surface area (Å²) in [6.07, 6.45) is 1.37. The maximum absolute atomic E-state index is 10.7. The maximum Gasteiger partial charge on any atom is 0.358 e. The van der Waals surface area contributed by atoms with Crippen LogP contribution in [-0.2, 0) is 6.54 Å². The quantitative estimate of drug-likeness (QED) is 0.774. The Balaban J connectivity index is 1.94. The first-order valence-corrected chi connectivity index (χ1v) is 6.98. The molecule has 0 fully saturated rings. The van der Waals surface area contributed by atoms with Gasteiger partial charge in [-0.25, -0.2) is 9.48 Å². The van der Waals surface area contributed by atoms with Gasteiger partial charge in [0.15, 0.2) is 5.69 Å². The van der Waals surface area contributed by atoms with Crippen molar-refractivity contribution in [1.29, 1.82) is 0 Å². The number of hydrogen-bond donors (Lipinski definition) is 2. The third kappa shape index (κ3) is 3.79. The second-order valence-corrected chi connectivity index (χ2v) is 5.04. The molecule has 0 aliphatic carbocycles. The number of ether oxygens (including phenoxy) is 1. The summed E-state index contributed by atoms with van der Waals surface area (Å²) in [5.41, 5.74) is 1.82. The van der Waals surface area contributed by atoms with E-state index in [0.29, 0.717) is 23.8 Å². The average Bonchev–Trinajstić information content (AvgIpc) is 2.96. The number of benzene rings is 1. The van der Waals surface area contributed by atoms with Gasteiger partial charge in [0.1, 0.15) is 10.7 Å². The lowest BCUT2D eigenvalue weighted by molar-refractivity contribution is 0.0690. The number of aromatic carboxylic acids is 1. The smallest absolute Gasteiger partial charge is 0.358 e. The number of nitrogens with zero attached hydrogens (tertiary/aromatic N) is 3. The van der Waals surface area contributed by atoms with E-state index in [1.165, 1.54) is 10.9 Å². The third-order valence-corrected chi connectivity index (χ3v) is 3.35. The van der Waals surface area contributed by atoms with Crippen LogP contribution in [-0.4, -0.2) is 44.7 Å². The molecule has 22 heavy (non-hydrogen) atoms. The molecule has 0 bridgehead atoms. The molecule has 0 aliphatic rings. The standard InChI is InChI=1S/C14H16N4O3S/c1-9-3-4-10(12(7-9)21-2)13(22)15-5-6-18-8-11(14(19)20)16-17-18/h3-4,7-8H,5-6H2,1-2H3,(H,15,22)(H,19,20). The summed E-state index contributed by atoms with van der Waals surface area (Å²) in [5.74, 6) is -0.384. The zero-order chi connectivity index (χ0) is 16.1. The van der Waals surface area contributed by atoms with Crippen LogP contribution in [0.4, 0.5) is 0 Å². The molecule has 0 saturated heterocycles. The Morgan fingerprint density at radius 2 is 2.27 bits per heavy atom. The van der Waals surface area contributed by atoms with Crippen LogP contribution in [0.1, 0.15) is 21.6 Å². The lowest BCUT2D eigenvalue weighted by Crippen LogP contribution is -2.27. The summed E-state index contributed by atoms with van der Waals surface area (Å²) < 4.78 is 6.77. The van der Waals surface area contributed by atoms with Gasteiger partial charge in [-0.2, -0.15) is 0 Å². The van der Waals surface area contributed by atoms with Crippen molar-refractivity contribution in [2.75, 3.05) is 13.7 Å². The van der Waals surface area contributed by atoms with Crippen LogP contribution in [0.25, 0.3) is 0 Å². The predicted molar refractivity (Wildman–Crippen MR) is 84.4 cm³/mol. The minimum atomic E-state index is -1.10. The number of hydrogen-bond acceptors (Lipinski definition) is 5. The van der Waals surface area contributed by atoms with Gasteiger partial charge in [0.05, 0.1) is 25.4 Å². The van der Waals surface area contributed by atoms with Crippen LogP contribution in [0, 0.1) is 6.92 Å². The van der Waals surface area contributed by atoms with Crippen molar-refractivity contribution in [1.82, 2.24) is 20.3 Å². The topological polar surface area (TPSA) is 89.3 Å². The zero-order valence-electron chi connectivity index (χ0n) is 12.2. The van der Waals surface area contributed by atoms with E-state index in [0.717, 1.165) is 11.1 Å². The highest BCUT2D eigenvalue weighted by Gasteiger charge is 2.10. The van der Waals surface area contributed by atoms with Crippen molar-refractivity contribution < 1.29 is 14.6 Å². The number of rotatable bonds is 6. The Kier molecular flexibility index (Phi) is 5.05. The summed E-state index contributed by atoms with van der Waals surface area (Å²) in [6.45, 7) is 2.93. The minimum Gasteiger partial charge on any atom is -0.496 e. The van der Waals surface area contributed by atoms with Crippen molar-refractivity contribution >= 4 is 23.2 Å². The number of methoxy groups -OCH3 is 1. The van der Waals surface area contributed by atoms with Crippen LogP contribution >= 0.6 is 12.2 Å². The number of thiocarbonyl (C=S) groups is 1. The highest BCUT2D eigenvalue weighted by atomic mass is 32.1. The second-order valence-electron chi connectivity index (χ2n) is 4.63. The third-order valence-electron chi connectivity index (χ3n) is 2.99. The van der Waals surface area contributed by atoms with Gasteiger partial charge in [0.2, 0.25) is 0 Å². The minimum absolute atomic E-state index is 0.0808. The number of carboxylic acids is 1. The van der Waals surface area contributed by atoms with Gasteiger partial charge in [-0.1, -0.05) is 23.5 Å². The number of aromatic nitrogens is 3. The van der Waals surface area contributed by atoms with E-state index >= 15 is 0 Å². The fourth-order valence-corrected chi connectivity index (χ4v) is 2.14. The molecule has 0 saturated carbocycles. The molecule has 2 N–H and O–H groups in total. The van der Waals surface area contributed by atoms with E-state index in [1.54, 1.807) is 7.11 Å². The fraction of sp³-hybridized carbons (Fsp3) is 0.286. The number of aryl methyl sites for hydroxylation is 1. The van der Waals surface area contributed by atoms with Gasteiger partial charge in [0, 0.05) is 6.54 Å². The largest absolute Gasteiger partial charge is 0.496 e. The zero-order valence-corrected chi connectivity index (χ0v) is 13.1. The van der Waals surface area contributed by atoms with Crippen molar-refractivity contribution in [2.24, 2.45) is 0 Å². The van der Waals surface area contributed by atoms with E-state index in [1.807, 2.05) is 25.1 Å². The highest BCUT2D eigenvalue weighted by molar-refractivity contribution is 7.80.